The van der Waals surface area contributed by atoms with Crippen LogP contribution in [-0.4, -0.2) is 234 Å². The molecule has 0 amide bonds. The van der Waals surface area contributed by atoms with Crippen molar-refractivity contribution < 1.29 is 0 Å². The summed E-state index contributed by atoms with van der Waals surface area (Å²) >= 11 is 0. The maximum absolute atomic E-state index is 13.0. The Kier molecular flexibility index (Phi) is 27.5. The number of aromatic nitrogens is 20. The standard InChI is InChI=1S/C24H27N5O.2C23H26N6O.C23H25N5O.C22H24N6O/c1-4-28-9-7-17(8-10-28)18-5-6-22-25-21(13-23(30)29(22)15-18)19-11-16(2)24-20(12-19)14-27(3)26-24;1-15-9-17(10-18-13-27(4)25-23(15)18)20-11-22(30)29-14-19(5-6-21(29)24-20)28-8-7-26(3)16(2)12-28;1-3-19-21-11-17(14-28(21)13-16(2)25-19)20-12-23(30)29-15-18(5-6-22(29)26-20)27-9-4-7-24-8-10-27;1-15-10-18(11-19-13-27(3)25-23(15)19)20-12-22(29)28-14-17(4-5-21(28)24-20)16-6-8-26(2)9-7-16;1-14-8-16(9-17-12-26(3)25-22(14)17)19-10-21(29)28-13-18(4-5-20(28)24-19)27-7-6-23-15(2)11-27/h5-6,11-15,17H,4,7-10H2,1-3H3;5-6,9-11,13-14,16H,7-8,12H2,1-4H3;5-6,11-15,24H,3-4,7-10H2,1-2H3;4-5,10-14,16H,6-9H2,1-3H3;4-5,8-10,12-13,15,23H,6-7,11H2,1-3H3/t;16-;;;15-/m.0..0/s1. The molecule has 0 bridgehead atoms. The van der Waals surface area contributed by atoms with Crippen LogP contribution in [-0.2, 0) is 34.6 Å². The second-order valence-corrected chi connectivity index (χ2v) is 40.9. The largest absolute Gasteiger partial charge is 0.369 e. The lowest BCUT2D eigenvalue weighted by Crippen LogP contribution is -2.50. The minimum absolute atomic E-state index is 0.0354. The molecular formula is C115H128N28O5. The number of piperidine rings is 2. The summed E-state index contributed by atoms with van der Waals surface area (Å²) < 4.78 is 17.6. The average Bonchev–Trinajstić information content (AvgIpc) is 1.55. The number of nitrogens with zero attached hydrogens (tertiary/aromatic N) is 26. The Labute approximate surface area is 856 Å². The second kappa shape index (κ2) is 41.4. The Hall–Kier alpha value is -15.6. The number of nitrogens with one attached hydrogen (secondary N) is 2. The van der Waals surface area contributed by atoms with E-state index in [9.17, 15) is 24.0 Å². The quantitative estimate of drug-likeness (QED) is 0.115. The third-order valence-electron chi connectivity index (χ3n) is 30.0. The molecule has 21 heterocycles. The van der Waals surface area contributed by atoms with Crippen molar-refractivity contribution in [3.05, 3.63) is 310 Å². The lowest BCUT2D eigenvalue weighted by molar-refractivity contribution is 0.222. The molecule has 16 aromatic heterocycles. The van der Waals surface area contributed by atoms with Crippen molar-refractivity contribution in [1.29, 1.82) is 0 Å². The molecule has 4 aromatic carbocycles. The highest BCUT2D eigenvalue weighted by molar-refractivity contribution is 5.90. The van der Waals surface area contributed by atoms with E-state index in [4.69, 9.17) is 24.9 Å². The van der Waals surface area contributed by atoms with E-state index >= 15 is 0 Å². The summed E-state index contributed by atoms with van der Waals surface area (Å²) in [4.78, 5) is 107. The summed E-state index contributed by atoms with van der Waals surface area (Å²) in [5.74, 6) is 1.03. The van der Waals surface area contributed by atoms with Gasteiger partial charge >= 0.3 is 0 Å². The van der Waals surface area contributed by atoms with Crippen LogP contribution in [0, 0.1) is 34.6 Å². The molecule has 0 spiro atoms. The summed E-state index contributed by atoms with van der Waals surface area (Å²) in [6.45, 7) is 34.1. The number of likely N-dealkylation sites (tertiary alicyclic amines) is 2. The number of rotatable bonds is 12. The summed E-state index contributed by atoms with van der Waals surface area (Å²) in [7, 11) is 12.0. The Balaban J connectivity index is 0.000000108. The molecule has 758 valence electrons. The summed E-state index contributed by atoms with van der Waals surface area (Å²) in [6.07, 6.45) is 28.2. The number of anilines is 3. The van der Waals surface area contributed by atoms with Gasteiger partial charge in [-0.1, -0.05) is 26.0 Å². The first-order valence-corrected chi connectivity index (χ1v) is 51.7. The fourth-order valence-corrected chi connectivity index (χ4v) is 21.8. The molecule has 2 N–H and O–H groups in total. The predicted octanol–water partition coefficient (Wildman–Crippen LogP) is 14.9. The van der Waals surface area contributed by atoms with E-state index in [1.54, 1.807) is 52.3 Å². The SMILES string of the molecule is CCN1CCC(c2ccc3nc(-c4cc(C)c5nn(C)cc5c4)cc(=O)n3c2)CC1.CCc1nc(C)cn2cc(-c3cc(=O)n4cc(N5CCCNCC5)ccc4n3)cc12.Cc1cc(-c2cc(=O)n3cc(C4CCN(C)CC4)ccc3n2)cc2cn(C)nc12.Cc1cc(-c2cc(=O)n3cc(N4CCN(C)[C@@H](C)C4)ccc3n2)cc2cn(C)nc12.Cc1cc(-c2cc(=O)n3cc(N4CCN[C@@H](C)C4)ccc3n2)cc2cn(C)nc12. The Morgan fingerprint density at radius 2 is 0.723 bits per heavy atom. The molecule has 5 aliphatic rings. The van der Waals surface area contributed by atoms with Crippen molar-refractivity contribution in [3.63, 3.8) is 0 Å². The number of hydrogen-bond acceptors (Lipinski definition) is 23. The molecule has 5 fully saturated rings. The molecule has 0 aliphatic carbocycles. The van der Waals surface area contributed by atoms with Crippen molar-refractivity contribution in [1.82, 2.24) is 121 Å². The van der Waals surface area contributed by atoms with Crippen LogP contribution in [0.5, 0.6) is 0 Å². The summed E-state index contributed by atoms with van der Waals surface area (Å²) in [5.41, 5.74) is 28.2. The minimum atomic E-state index is -0.0704. The number of aryl methyl sites for hydroxylation is 10. The van der Waals surface area contributed by atoms with Gasteiger partial charge in [0, 0.05) is 247 Å². The Morgan fingerprint density at radius 3 is 1.12 bits per heavy atom. The average molecular weight is 1980 g/mol. The molecule has 5 aliphatic heterocycles. The van der Waals surface area contributed by atoms with E-state index in [0.717, 1.165) is 264 Å². The van der Waals surface area contributed by atoms with Gasteiger partial charge in [0.1, 0.15) is 28.2 Å². The molecule has 5 saturated heterocycles. The number of likely N-dealkylation sites (N-methyl/N-ethyl adjacent to an activating group) is 1. The smallest absolute Gasteiger partial charge is 0.258 e. The van der Waals surface area contributed by atoms with Gasteiger partial charge in [-0.05, 0) is 289 Å². The van der Waals surface area contributed by atoms with Gasteiger partial charge in [0.25, 0.3) is 27.8 Å². The monoisotopic (exact) mass is 1980 g/mol. The number of benzene rings is 4. The zero-order chi connectivity index (χ0) is 103. The molecule has 0 saturated carbocycles. The third-order valence-corrected chi connectivity index (χ3v) is 30.0. The number of fused-ring (bicyclic) bond motifs is 10. The molecule has 20 aromatic rings. The van der Waals surface area contributed by atoms with E-state index in [-0.39, 0.29) is 27.8 Å². The van der Waals surface area contributed by atoms with E-state index in [0.29, 0.717) is 80.6 Å². The molecular weight excluding hydrogens is 1850 g/mol. The molecule has 2 atom stereocenters. The minimum Gasteiger partial charge on any atom is -0.369 e. The van der Waals surface area contributed by atoms with Gasteiger partial charge in [0.05, 0.1) is 84.5 Å². The zero-order valence-corrected chi connectivity index (χ0v) is 87.0. The third kappa shape index (κ3) is 20.6. The molecule has 33 heteroatoms. The van der Waals surface area contributed by atoms with E-state index < -0.39 is 0 Å². The highest BCUT2D eigenvalue weighted by Gasteiger charge is 2.28. The number of piperazine rings is 2. The van der Waals surface area contributed by atoms with Gasteiger partial charge in [0.15, 0.2) is 0 Å². The van der Waals surface area contributed by atoms with E-state index in [1.807, 2.05) is 204 Å². The van der Waals surface area contributed by atoms with Gasteiger partial charge in [0.2, 0.25) is 0 Å². The van der Waals surface area contributed by atoms with Crippen LogP contribution in [0.25, 0.3) is 134 Å². The number of hydrogen-bond donors (Lipinski definition) is 2. The lowest BCUT2D eigenvalue weighted by atomic mass is 9.90. The van der Waals surface area contributed by atoms with Gasteiger partial charge < -0.3 is 44.4 Å². The van der Waals surface area contributed by atoms with Crippen molar-refractivity contribution in [2.24, 2.45) is 28.2 Å². The summed E-state index contributed by atoms with van der Waals surface area (Å²) in [6, 6.07) is 47.8. The molecule has 148 heavy (non-hydrogen) atoms. The van der Waals surface area contributed by atoms with Crippen molar-refractivity contribution in [3.8, 4) is 56.3 Å². The molecule has 0 unspecified atom stereocenters. The second-order valence-electron chi connectivity index (χ2n) is 40.9. The predicted molar refractivity (Wildman–Crippen MR) is 591 cm³/mol. The Morgan fingerprint density at radius 1 is 0.345 bits per heavy atom. The van der Waals surface area contributed by atoms with Gasteiger partial charge in [-0.15, -0.1) is 0 Å². The van der Waals surface area contributed by atoms with Crippen LogP contribution in [0.1, 0.15) is 116 Å². The van der Waals surface area contributed by atoms with Crippen molar-refractivity contribution in [2.75, 3.05) is 127 Å². The van der Waals surface area contributed by atoms with Crippen molar-refractivity contribution in [2.45, 2.75) is 125 Å². The lowest BCUT2D eigenvalue weighted by Gasteiger charge is -2.39. The Bertz CT molecular complexity index is 8810. The number of pyridine rings is 5. The molecule has 0 radical (unpaired) electrons. The van der Waals surface area contributed by atoms with E-state index in [2.05, 4.69) is 172 Å². The highest BCUT2D eigenvalue weighted by Crippen LogP contribution is 2.36. The fourth-order valence-electron chi connectivity index (χ4n) is 21.8. The van der Waals surface area contributed by atoms with E-state index in [1.165, 1.54) is 11.1 Å². The van der Waals surface area contributed by atoms with Gasteiger partial charge in [-0.2, -0.15) is 20.4 Å². The summed E-state index contributed by atoms with van der Waals surface area (Å²) in [5, 5.41) is 29.1. The first-order chi connectivity index (χ1) is 71.5. The van der Waals surface area contributed by atoms with Crippen LogP contribution in [0.2, 0.25) is 0 Å². The van der Waals surface area contributed by atoms with Crippen LogP contribution >= 0.6 is 0 Å². The van der Waals surface area contributed by atoms with Crippen LogP contribution in [0.15, 0.2) is 238 Å². The first kappa shape index (κ1) is 98.5. The van der Waals surface area contributed by atoms with Crippen molar-refractivity contribution >= 4 is 94.4 Å². The van der Waals surface area contributed by atoms with Crippen LogP contribution < -0.4 is 53.1 Å². The normalized spacial score (nSPS) is 16.5. The first-order valence-electron chi connectivity index (χ1n) is 51.7. The molecule has 25 rings (SSSR count). The molecule has 33 nitrogen and oxygen atoms in total. The topological polar surface area (TPSA) is 304 Å². The van der Waals surface area contributed by atoms with Gasteiger partial charge in [-0.25, -0.2) is 24.9 Å². The maximum Gasteiger partial charge on any atom is 0.258 e. The van der Waals surface area contributed by atoms with Crippen LogP contribution in [0.4, 0.5) is 17.1 Å². The fraction of sp³-hybridized carbons (Fsp3) is 0.348. The zero-order valence-electron chi connectivity index (χ0n) is 87.0. The highest BCUT2D eigenvalue weighted by atomic mass is 16.1. The van der Waals surface area contributed by atoms with Gasteiger partial charge in [-0.3, -0.25) is 69.7 Å². The van der Waals surface area contributed by atoms with Crippen LogP contribution in [0.3, 0.4) is 0 Å². The maximum atomic E-state index is 13.0.